The van der Waals surface area contributed by atoms with E-state index in [9.17, 15) is 9.59 Å². The first-order valence-corrected chi connectivity index (χ1v) is 6.79. The largest absolute Gasteiger partial charge is 0.432 e. The van der Waals surface area contributed by atoms with Crippen molar-refractivity contribution in [2.24, 2.45) is 0 Å². The number of carbonyl (C=O) groups excluding carboxylic acids is 1. The fraction of sp³-hybridized carbons (Fsp3) is 0.188. The van der Waals surface area contributed by atoms with Crippen molar-refractivity contribution in [3.8, 4) is 5.75 Å². The van der Waals surface area contributed by atoms with Gasteiger partial charge in [0.15, 0.2) is 5.75 Å². The summed E-state index contributed by atoms with van der Waals surface area (Å²) < 4.78 is 6.66. The number of nitrogens with one attached hydrogen (secondary N) is 1. The van der Waals surface area contributed by atoms with E-state index < -0.39 is 5.56 Å². The first-order valence-electron chi connectivity index (χ1n) is 6.79. The average Bonchev–Trinajstić information content (AvgIpc) is 2.96. The van der Waals surface area contributed by atoms with Crippen molar-refractivity contribution in [1.82, 2.24) is 9.78 Å². The molecule has 0 atom stereocenters. The second-order valence-electron chi connectivity index (χ2n) is 5.03. The maximum atomic E-state index is 12.1. The first kappa shape index (κ1) is 14.0. The van der Waals surface area contributed by atoms with E-state index in [1.807, 2.05) is 36.2 Å². The van der Waals surface area contributed by atoms with Gasteiger partial charge in [-0.05, 0) is 19.1 Å². The Morgan fingerprint density at radius 2 is 2.09 bits per heavy atom. The molecular formula is C16H15N3O3. The Morgan fingerprint density at radius 1 is 1.36 bits per heavy atom. The van der Waals surface area contributed by atoms with Crippen LogP contribution in [-0.2, 0) is 0 Å². The summed E-state index contributed by atoms with van der Waals surface area (Å²) in [6, 6.07) is 7.62. The highest BCUT2D eigenvalue weighted by molar-refractivity contribution is 5.76. The smallest absolute Gasteiger partial charge is 0.281 e. The van der Waals surface area contributed by atoms with Crippen LogP contribution in [0.4, 0.5) is 5.69 Å². The Balaban J connectivity index is 2.03. The highest BCUT2D eigenvalue weighted by Gasteiger charge is 2.22. The van der Waals surface area contributed by atoms with E-state index >= 15 is 0 Å². The Hall–Kier alpha value is -2.98. The molecule has 2 heterocycles. The molecule has 0 fully saturated rings. The van der Waals surface area contributed by atoms with Crippen molar-refractivity contribution in [2.75, 3.05) is 11.9 Å². The summed E-state index contributed by atoms with van der Waals surface area (Å²) in [5.41, 5.74) is 4.51. The monoisotopic (exact) mass is 297 g/mol. The lowest BCUT2D eigenvalue weighted by Gasteiger charge is -2.07. The number of H-pyrrole nitrogens is 1. The van der Waals surface area contributed by atoms with E-state index in [1.165, 1.54) is 13.0 Å². The number of nitrogens with zero attached hydrogens (tertiary/aromatic N) is 2. The van der Waals surface area contributed by atoms with Gasteiger partial charge in [0.1, 0.15) is 0 Å². The molecule has 0 bridgehead atoms. The molecule has 1 aromatic carbocycles. The normalized spacial score (nSPS) is 12.7. The van der Waals surface area contributed by atoms with Gasteiger partial charge >= 0.3 is 0 Å². The van der Waals surface area contributed by atoms with Crippen molar-refractivity contribution < 1.29 is 9.53 Å². The molecule has 0 spiro atoms. The second kappa shape index (κ2) is 5.09. The molecule has 0 saturated carbocycles. The predicted octanol–water partition coefficient (Wildman–Crippen LogP) is 2.13. The van der Waals surface area contributed by atoms with Gasteiger partial charge in [0, 0.05) is 25.7 Å². The summed E-state index contributed by atoms with van der Waals surface area (Å²) >= 11 is 0. The number of aryl methyl sites for hydroxylation is 1. The Bertz CT molecular complexity index is 882. The summed E-state index contributed by atoms with van der Waals surface area (Å²) in [5, 5.41) is 2.74. The van der Waals surface area contributed by atoms with Crippen molar-refractivity contribution in [3.05, 3.63) is 57.5 Å². The lowest BCUT2D eigenvalue weighted by atomic mass is 10.2. The molecule has 3 rings (SSSR count). The quantitative estimate of drug-likeness (QED) is 0.819. The van der Waals surface area contributed by atoms with E-state index in [4.69, 9.17) is 4.74 Å². The Morgan fingerprint density at radius 3 is 2.73 bits per heavy atom. The van der Waals surface area contributed by atoms with Crippen LogP contribution in [-0.4, -0.2) is 22.7 Å². The predicted molar refractivity (Wildman–Crippen MR) is 83.1 cm³/mol. The van der Waals surface area contributed by atoms with Crippen LogP contribution in [0.2, 0.25) is 0 Å². The molecule has 6 heteroatoms. The number of fused-ring (bicyclic) bond motifs is 1. The minimum atomic E-state index is -0.392. The molecule has 0 amide bonds. The molecule has 6 nitrogen and oxygen atoms in total. The molecular weight excluding hydrogens is 282 g/mol. The van der Waals surface area contributed by atoms with Crippen LogP contribution < -0.4 is 15.2 Å². The molecule has 1 N–H and O–H groups in total. The number of para-hydroxylation sites is 2. The molecule has 0 saturated heterocycles. The van der Waals surface area contributed by atoms with E-state index in [1.54, 1.807) is 6.92 Å². The van der Waals surface area contributed by atoms with Crippen molar-refractivity contribution >= 4 is 17.7 Å². The first-order chi connectivity index (χ1) is 10.5. The highest BCUT2D eigenvalue weighted by atomic mass is 16.5. The van der Waals surface area contributed by atoms with Gasteiger partial charge in [-0.3, -0.25) is 14.7 Å². The van der Waals surface area contributed by atoms with Crippen LogP contribution >= 0.6 is 0 Å². The van der Waals surface area contributed by atoms with Gasteiger partial charge in [-0.15, -0.1) is 0 Å². The van der Waals surface area contributed by atoms with Gasteiger partial charge in [0.2, 0.25) is 11.8 Å². The number of carbonyl (C=O) groups is 1. The summed E-state index contributed by atoms with van der Waals surface area (Å²) in [4.78, 5) is 25.3. The van der Waals surface area contributed by atoms with Gasteiger partial charge < -0.3 is 9.64 Å². The van der Waals surface area contributed by atoms with E-state index in [-0.39, 0.29) is 5.91 Å². The van der Waals surface area contributed by atoms with Crippen molar-refractivity contribution in [1.29, 1.82) is 0 Å². The molecule has 1 aliphatic heterocycles. The SMILES string of the molecule is CC(=O)n1[nH]c(C)c(C=C=C2Oc3ccccc3N2C)c1=O. The van der Waals surface area contributed by atoms with Gasteiger partial charge in [-0.25, -0.2) is 0 Å². The maximum absolute atomic E-state index is 12.1. The Kier molecular flexibility index (Phi) is 3.23. The standard InChI is InChI=1S/C16H15N3O3/c1-10-12(16(21)19(17-10)11(2)20)8-9-15-18(3)13-6-4-5-7-14(13)22-15/h4-8,17H,1-3H3. The zero-order valence-electron chi connectivity index (χ0n) is 12.5. The fourth-order valence-corrected chi connectivity index (χ4v) is 2.31. The van der Waals surface area contributed by atoms with E-state index in [2.05, 4.69) is 10.8 Å². The maximum Gasteiger partial charge on any atom is 0.281 e. The van der Waals surface area contributed by atoms with Gasteiger partial charge in [0.05, 0.1) is 11.3 Å². The van der Waals surface area contributed by atoms with Crippen LogP contribution in [0.15, 0.2) is 40.7 Å². The van der Waals surface area contributed by atoms with Gasteiger partial charge in [-0.1, -0.05) is 17.9 Å². The van der Waals surface area contributed by atoms with Crippen LogP contribution in [0, 0.1) is 6.92 Å². The number of anilines is 1. The number of rotatable bonds is 1. The number of aromatic nitrogens is 2. The third-order valence-electron chi connectivity index (χ3n) is 3.51. The van der Waals surface area contributed by atoms with Crippen molar-refractivity contribution in [3.63, 3.8) is 0 Å². The minimum absolute atomic E-state index is 0.359. The molecule has 0 radical (unpaired) electrons. The third-order valence-corrected chi connectivity index (χ3v) is 3.51. The number of hydrogen-bond acceptors (Lipinski definition) is 4. The van der Waals surface area contributed by atoms with Crippen molar-refractivity contribution in [2.45, 2.75) is 13.8 Å². The molecule has 0 unspecified atom stereocenters. The van der Waals surface area contributed by atoms with Crippen LogP contribution in [0.1, 0.15) is 23.0 Å². The van der Waals surface area contributed by atoms with Crippen LogP contribution in [0.5, 0.6) is 5.75 Å². The summed E-state index contributed by atoms with van der Waals surface area (Å²) in [6.07, 6.45) is 1.53. The second-order valence-corrected chi connectivity index (χ2v) is 5.03. The molecule has 22 heavy (non-hydrogen) atoms. The fourth-order valence-electron chi connectivity index (χ4n) is 2.31. The molecule has 1 aromatic heterocycles. The summed E-state index contributed by atoms with van der Waals surface area (Å²) in [6.45, 7) is 3.06. The summed E-state index contributed by atoms with van der Waals surface area (Å²) in [7, 11) is 1.86. The highest BCUT2D eigenvalue weighted by Crippen LogP contribution is 2.36. The number of aromatic amines is 1. The zero-order valence-corrected chi connectivity index (χ0v) is 12.5. The van der Waals surface area contributed by atoms with E-state index in [0.717, 1.165) is 16.1 Å². The number of hydrogen-bond donors (Lipinski definition) is 1. The topological polar surface area (TPSA) is 67.3 Å². The lowest BCUT2D eigenvalue weighted by Crippen LogP contribution is -2.22. The lowest BCUT2D eigenvalue weighted by molar-refractivity contribution is 0.0917. The number of benzene rings is 1. The molecule has 0 aliphatic carbocycles. The number of ether oxygens (including phenoxy) is 1. The average molecular weight is 297 g/mol. The summed E-state index contributed by atoms with van der Waals surface area (Å²) in [5.74, 6) is 0.880. The molecule has 1 aliphatic rings. The molecule has 2 aromatic rings. The van der Waals surface area contributed by atoms with Crippen LogP contribution in [0.3, 0.4) is 0 Å². The van der Waals surface area contributed by atoms with E-state index in [0.29, 0.717) is 17.1 Å². The zero-order chi connectivity index (χ0) is 15.9. The molecule has 112 valence electrons. The van der Waals surface area contributed by atoms with Gasteiger partial charge in [0.25, 0.3) is 5.56 Å². The van der Waals surface area contributed by atoms with Gasteiger partial charge in [-0.2, -0.15) is 4.68 Å². The Labute approximate surface area is 126 Å². The van der Waals surface area contributed by atoms with Crippen LogP contribution in [0.25, 0.3) is 6.08 Å². The minimum Gasteiger partial charge on any atom is -0.432 e. The third kappa shape index (κ3) is 2.16.